The first-order valence-corrected chi connectivity index (χ1v) is 10.6. The number of nitrogens with zero attached hydrogens (tertiary/aromatic N) is 5. The van der Waals surface area contributed by atoms with Crippen LogP contribution in [0.4, 0.5) is 11.9 Å². The van der Waals surface area contributed by atoms with Gasteiger partial charge < -0.3 is 9.80 Å². The number of benzene rings is 1. The van der Waals surface area contributed by atoms with Crippen molar-refractivity contribution >= 4 is 33.5 Å². The van der Waals surface area contributed by atoms with E-state index >= 15 is 0 Å². The van der Waals surface area contributed by atoms with Crippen LogP contribution in [0.5, 0.6) is 0 Å². The highest BCUT2D eigenvalue weighted by atomic mass is 35.5. The lowest BCUT2D eigenvalue weighted by Crippen LogP contribution is -2.28. The zero-order chi connectivity index (χ0) is 19.6. The highest BCUT2D eigenvalue weighted by Gasteiger charge is 2.21. The van der Waals surface area contributed by atoms with E-state index in [0.29, 0.717) is 28.3 Å². The van der Waals surface area contributed by atoms with Gasteiger partial charge in [0.15, 0.2) is 5.82 Å². The van der Waals surface area contributed by atoms with Crippen LogP contribution in [-0.2, 0) is 16.6 Å². The lowest BCUT2D eigenvalue weighted by molar-refractivity contribution is 0.578. The predicted octanol–water partition coefficient (Wildman–Crippen LogP) is 1.98. The summed E-state index contributed by atoms with van der Waals surface area (Å²) in [5, 5.41) is 0.368. The summed E-state index contributed by atoms with van der Waals surface area (Å²) in [6.45, 7) is 3.48. The summed E-state index contributed by atoms with van der Waals surface area (Å²) in [4.78, 5) is 17.3. The largest absolute Gasteiger partial charge is 0.347 e. The average Bonchev–Trinajstić information content (AvgIpc) is 3.16. The number of halogens is 1. The summed E-state index contributed by atoms with van der Waals surface area (Å²) >= 11 is 5.95. The molecular formula is C17H23ClN6O2S. The van der Waals surface area contributed by atoms with Gasteiger partial charge in [-0.05, 0) is 37.5 Å². The first-order chi connectivity index (χ1) is 12.8. The van der Waals surface area contributed by atoms with E-state index in [-0.39, 0.29) is 11.4 Å². The Hall–Kier alpha value is -1.97. The fourth-order valence-electron chi connectivity index (χ4n) is 2.83. The molecule has 0 saturated carbocycles. The molecule has 27 heavy (non-hydrogen) atoms. The van der Waals surface area contributed by atoms with Crippen LogP contribution in [0.25, 0.3) is 0 Å². The molecule has 0 bridgehead atoms. The van der Waals surface area contributed by atoms with Gasteiger partial charge in [0.05, 0.1) is 11.4 Å². The third-order valence-corrected chi connectivity index (χ3v) is 6.09. The van der Waals surface area contributed by atoms with E-state index in [1.54, 1.807) is 24.0 Å². The highest BCUT2D eigenvalue weighted by molar-refractivity contribution is 7.89. The maximum atomic E-state index is 12.7. The lowest BCUT2D eigenvalue weighted by Gasteiger charge is -2.19. The second-order valence-corrected chi connectivity index (χ2v) is 8.85. The number of aromatic nitrogens is 3. The normalized spacial score (nSPS) is 14.6. The second kappa shape index (κ2) is 7.95. The van der Waals surface area contributed by atoms with Crippen molar-refractivity contribution in [2.45, 2.75) is 31.2 Å². The van der Waals surface area contributed by atoms with Gasteiger partial charge in [-0.15, -0.1) is 0 Å². The Kier molecular flexibility index (Phi) is 5.83. The molecule has 1 saturated heterocycles. The van der Waals surface area contributed by atoms with E-state index < -0.39 is 10.0 Å². The standard InChI is InChI=1S/C17H23ClN6O2S/c1-12-6-7-13(18)10-14(12)27(25,26)19-11-15-20-16(23(2)3)22-17(21-15)24-8-4-5-9-24/h6-7,10,19H,4-5,8-9,11H2,1-3H3. The number of nitrogens with one attached hydrogen (secondary N) is 1. The van der Waals surface area contributed by atoms with Crippen molar-refractivity contribution in [3.63, 3.8) is 0 Å². The van der Waals surface area contributed by atoms with E-state index in [1.165, 1.54) is 6.07 Å². The zero-order valence-corrected chi connectivity index (χ0v) is 17.2. The minimum Gasteiger partial charge on any atom is -0.347 e. The van der Waals surface area contributed by atoms with Gasteiger partial charge in [-0.25, -0.2) is 13.1 Å². The van der Waals surface area contributed by atoms with Crippen molar-refractivity contribution in [2.24, 2.45) is 0 Å². The summed E-state index contributed by atoms with van der Waals surface area (Å²) in [5.41, 5.74) is 0.620. The van der Waals surface area contributed by atoms with E-state index in [1.807, 2.05) is 14.1 Å². The van der Waals surface area contributed by atoms with Crippen LogP contribution in [-0.4, -0.2) is 50.6 Å². The van der Waals surface area contributed by atoms with Crippen molar-refractivity contribution in [3.05, 3.63) is 34.6 Å². The van der Waals surface area contributed by atoms with Crippen molar-refractivity contribution < 1.29 is 8.42 Å². The third-order valence-electron chi connectivity index (χ3n) is 4.31. The molecule has 0 unspecified atom stereocenters. The van der Waals surface area contributed by atoms with Crippen LogP contribution in [0, 0.1) is 6.92 Å². The van der Waals surface area contributed by atoms with Gasteiger partial charge in [0, 0.05) is 32.2 Å². The summed E-state index contributed by atoms with van der Waals surface area (Å²) in [6, 6.07) is 4.77. The Morgan fingerprint density at radius 1 is 1.19 bits per heavy atom. The molecule has 2 heterocycles. The monoisotopic (exact) mass is 410 g/mol. The van der Waals surface area contributed by atoms with Crippen LogP contribution < -0.4 is 14.5 Å². The van der Waals surface area contributed by atoms with Gasteiger partial charge in [-0.1, -0.05) is 17.7 Å². The van der Waals surface area contributed by atoms with Gasteiger partial charge >= 0.3 is 0 Å². The molecule has 0 aliphatic carbocycles. The fraction of sp³-hybridized carbons (Fsp3) is 0.471. The molecule has 1 aliphatic rings. The number of rotatable bonds is 6. The number of hydrogen-bond acceptors (Lipinski definition) is 7. The molecule has 10 heteroatoms. The van der Waals surface area contributed by atoms with E-state index in [0.717, 1.165) is 25.9 Å². The van der Waals surface area contributed by atoms with Gasteiger partial charge in [-0.2, -0.15) is 15.0 Å². The molecule has 1 aliphatic heterocycles. The fourth-order valence-corrected chi connectivity index (χ4v) is 4.32. The van der Waals surface area contributed by atoms with Crippen molar-refractivity contribution in [1.29, 1.82) is 0 Å². The molecule has 146 valence electrons. The second-order valence-electron chi connectivity index (χ2n) is 6.67. The van der Waals surface area contributed by atoms with Crippen LogP contribution in [0.3, 0.4) is 0 Å². The Labute approximate surface area is 164 Å². The van der Waals surface area contributed by atoms with Gasteiger partial charge in [-0.3, -0.25) is 0 Å². The summed E-state index contributed by atoms with van der Waals surface area (Å²) in [7, 11) is -0.0594. The summed E-state index contributed by atoms with van der Waals surface area (Å²) < 4.78 is 27.9. The SMILES string of the molecule is Cc1ccc(Cl)cc1S(=O)(=O)NCc1nc(N(C)C)nc(N2CCCC2)n1. The van der Waals surface area contributed by atoms with E-state index in [4.69, 9.17) is 11.6 Å². The molecule has 0 radical (unpaired) electrons. The average molecular weight is 411 g/mol. The number of sulfonamides is 1. The van der Waals surface area contributed by atoms with E-state index in [9.17, 15) is 8.42 Å². The van der Waals surface area contributed by atoms with Gasteiger partial charge in [0.1, 0.15) is 0 Å². The van der Waals surface area contributed by atoms with Crippen LogP contribution in [0.15, 0.2) is 23.1 Å². The van der Waals surface area contributed by atoms with Crippen LogP contribution in [0.2, 0.25) is 5.02 Å². The number of anilines is 2. The Morgan fingerprint density at radius 3 is 2.56 bits per heavy atom. The first kappa shape index (κ1) is 19.8. The lowest BCUT2D eigenvalue weighted by atomic mass is 10.2. The van der Waals surface area contributed by atoms with Gasteiger partial charge in [0.2, 0.25) is 21.9 Å². The molecule has 8 nitrogen and oxygen atoms in total. The van der Waals surface area contributed by atoms with Crippen molar-refractivity contribution in [3.8, 4) is 0 Å². The quantitative estimate of drug-likeness (QED) is 0.778. The smallest absolute Gasteiger partial charge is 0.241 e. The Balaban J connectivity index is 1.85. The van der Waals surface area contributed by atoms with Crippen molar-refractivity contribution in [2.75, 3.05) is 37.0 Å². The Morgan fingerprint density at radius 2 is 1.89 bits per heavy atom. The summed E-state index contributed by atoms with van der Waals surface area (Å²) in [5.74, 6) is 1.46. The molecule has 1 fully saturated rings. The maximum absolute atomic E-state index is 12.7. The van der Waals surface area contributed by atoms with Crippen LogP contribution in [0.1, 0.15) is 24.2 Å². The molecule has 0 amide bonds. The predicted molar refractivity (Wildman–Crippen MR) is 106 cm³/mol. The minimum atomic E-state index is -3.74. The van der Waals surface area contributed by atoms with Crippen LogP contribution >= 0.6 is 11.6 Å². The molecular weight excluding hydrogens is 388 g/mol. The highest BCUT2D eigenvalue weighted by Crippen LogP contribution is 2.21. The molecule has 1 aromatic heterocycles. The minimum absolute atomic E-state index is 0.0293. The summed E-state index contributed by atoms with van der Waals surface area (Å²) in [6.07, 6.45) is 2.19. The molecule has 0 spiro atoms. The van der Waals surface area contributed by atoms with Gasteiger partial charge in [0.25, 0.3) is 0 Å². The number of aryl methyl sites for hydroxylation is 1. The molecule has 1 aromatic carbocycles. The molecule has 0 atom stereocenters. The zero-order valence-electron chi connectivity index (χ0n) is 15.6. The molecule has 2 aromatic rings. The number of hydrogen-bond donors (Lipinski definition) is 1. The Bertz CT molecular complexity index is 929. The topological polar surface area (TPSA) is 91.3 Å². The van der Waals surface area contributed by atoms with Crippen molar-refractivity contribution in [1.82, 2.24) is 19.7 Å². The van der Waals surface area contributed by atoms with E-state index in [2.05, 4.69) is 24.6 Å². The molecule has 1 N–H and O–H groups in total. The molecule has 3 rings (SSSR count). The third kappa shape index (κ3) is 4.66. The first-order valence-electron chi connectivity index (χ1n) is 8.69. The maximum Gasteiger partial charge on any atom is 0.241 e.